The van der Waals surface area contributed by atoms with Gasteiger partial charge in [0.1, 0.15) is 12.4 Å². The number of carboxylic acids is 1. The molecule has 2 aromatic rings. The van der Waals surface area contributed by atoms with Crippen molar-refractivity contribution in [3.05, 3.63) is 59.4 Å². The highest BCUT2D eigenvalue weighted by atomic mass is 19.4. The summed E-state index contributed by atoms with van der Waals surface area (Å²) in [5, 5.41) is 8.95. The lowest BCUT2D eigenvalue weighted by Gasteiger charge is -2.10. The number of carboxylic acid groups (broad SMARTS) is 1. The normalized spacial score (nSPS) is 11.2. The Balaban J connectivity index is 2.09. The van der Waals surface area contributed by atoms with E-state index in [9.17, 15) is 18.0 Å². The van der Waals surface area contributed by atoms with Crippen molar-refractivity contribution in [3.63, 3.8) is 0 Å². The molecule has 1 aromatic carbocycles. The number of rotatable bonds is 4. The first-order chi connectivity index (χ1) is 9.88. The molecule has 1 heterocycles. The van der Waals surface area contributed by atoms with Crippen LogP contribution in [0, 0.1) is 0 Å². The van der Waals surface area contributed by atoms with E-state index in [1.54, 1.807) is 6.07 Å². The first kappa shape index (κ1) is 14.8. The van der Waals surface area contributed by atoms with Crippen LogP contribution in [-0.4, -0.2) is 16.1 Å². The largest absolute Gasteiger partial charge is 0.489 e. The van der Waals surface area contributed by atoms with Crippen LogP contribution < -0.4 is 4.74 Å². The van der Waals surface area contributed by atoms with Gasteiger partial charge in [0, 0.05) is 11.8 Å². The summed E-state index contributed by atoms with van der Waals surface area (Å²) >= 11 is 0. The van der Waals surface area contributed by atoms with E-state index in [1.165, 1.54) is 24.4 Å². The van der Waals surface area contributed by atoms with Crippen molar-refractivity contribution >= 4 is 5.97 Å². The molecule has 0 aliphatic carbocycles. The van der Waals surface area contributed by atoms with E-state index < -0.39 is 17.7 Å². The van der Waals surface area contributed by atoms with Crippen molar-refractivity contribution in [1.82, 2.24) is 4.98 Å². The van der Waals surface area contributed by atoms with Gasteiger partial charge in [-0.3, -0.25) is 0 Å². The Morgan fingerprint density at radius 2 is 1.86 bits per heavy atom. The fraction of sp³-hybridized carbons (Fsp3) is 0.143. The molecule has 21 heavy (non-hydrogen) atoms. The van der Waals surface area contributed by atoms with Crippen LogP contribution in [0.3, 0.4) is 0 Å². The lowest BCUT2D eigenvalue weighted by Crippen LogP contribution is -2.08. The summed E-state index contributed by atoms with van der Waals surface area (Å²) in [6, 6.07) is 7.24. The number of hydrogen-bond acceptors (Lipinski definition) is 3. The maximum Gasteiger partial charge on any atom is 0.416 e. The van der Waals surface area contributed by atoms with Crippen molar-refractivity contribution in [2.45, 2.75) is 12.8 Å². The summed E-state index contributed by atoms with van der Waals surface area (Å²) in [4.78, 5) is 14.7. The monoisotopic (exact) mass is 297 g/mol. The number of hydrogen-bond donors (Lipinski definition) is 1. The van der Waals surface area contributed by atoms with Gasteiger partial charge in [0.25, 0.3) is 0 Å². The molecule has 0 bridgehead atoms. The molecule has 0 fully saturated rings. The Kier molecular flexibility index (Phi) is 4.11. The molecule has 0 radical (unpaired) electrons. The van der Waals surface area contributed by atoms with Crippen LogP contribution >= 0.6 is 0 Å². The van der Waals surface area contributed by atoms with Gasteiger partial charge in [0.2, 0.25) is 0 Å². The zero-order chi connectivity index (χ0) is 15.5. The standard InChI is InChI=1S/C14H10F3NO3/c15-14(16,17)10-3-5-11(6-4-10)21-8-9-2-1-7-18-12(9)13(19)20/h1-7H,8H2,(H,19,20). The van der Waals surface area contributed by atoms with Gasteiger partial charge in [0.15, 0.2) is 5.69 Å². The fourth-order valence-electron chi connectivity index (χ4n) is 1.65. The molecule has 2 rings (SSSR count). The highest BCUT2D eigenvalue weighted by Gasteiger charge is 2.30. The molecule has 0 saturated heterocycles. The SMILES string of the molecule is O=C(O)c1ncccc1COc1ccc(C(F)(F)F)cc1. The van der Waals surface area contributed by atoms with Gasteiger partial charge < -0.3 is 9.84 Å². The number of aromatic nitrogens is 1. The number of carbonyl (C=O) groups is 1. The molecular formula is C14H10F3NO3. The predicted molar refractivity (Wildman–Crippen MR) is 67.0 cm³/mol. The van der Waals surface area contributed by atoms with Crippen LogP contribution in [0.15, 0.2) is 42.6 Å². The van der Waals surface area contributed by atoms with E-state index in [0.29, 0.717) is 5.56 Å². The second-order valence-corrected chi connectivity index (χ2v) is 4.13. The van der Waals surface area contributed by atoms with E-state index >= 15 is 0 Å². The summed E-state index contributed by atoms with van der Waals surface area (Å²) in [6.07, 6.45) is -3.07. The van der Waals surface area contributed by atoms with Gasteiger partial charge in [0.05, 0.1) is 5.56 Å². The molecule has 4 nitrogen and oxygen atoms in total. The first-order valence-electron chi connectivity index (χ1n) is 5.85. The van der Waals surface area contributed by atoms with Crippen molar-refractivity contribution in [3.8, 4) is 5.75 Å². The zero-order valence-corrected chi connectivity index (χ0v) is 10.6. The summed E-state index contributed by atoms with van der Waals surface area (Å²) in [7, 11) is 0. The first-order valence-corrected chi connectivity index (χ1v) is 5.85. The van der Waals surface area contributed by atoms with Gasteiger partial charge >= 0.3 is 12.1 Å². The highest BCUT2D eigenvalue weighted by Crippen LogP contribution is 2.30. The Hall–Kier alpha value is -2.57. The van der Waals surface area contributed by atoms with Crippen LogP contribution in [0.2, 0.25) is 0 Å². The molecule has 0 amide bonds. The average Bonchev–Trinajstić information content (AvgIpc) is 2.45. The van der Waals surface area contributed by atoms with E-state index in [2.05, 4.69) is 4.98 Å². The summed E-state index contributed by atoms with van der Waals surface area (Å²) in [6.45, 7) is -0.0964. The van der Waals surface area contributed by atoms with Crippen LogP contribution in [0.4, 0.5) is 13.2 Å². The number of ether oxygens (including phenoxy) is 1. The van der Waals surface area contributed by atoms with Crippen LogP contribution in [0.1, 0.15) is 21.6 Å². The number of alkyl halides is 3. The highest BCUT2D eigenvalue weighted by molar-refractivity contribution is 5.86. The Morgan fingerprint density at radius 3 is 2.43 bits per heavy atom. The smallest absolute Gasteiger partial charge is 0.416 e. The number of halogens is 3. The molecule has 0 atom stereocenters. The molecular weight excluding hydrogens is 287 g/mol. The van der Waals surface area contributed by atoms with E-state index in [0.717, 1.165) is 12.1 Å². The van der Waals surface area contributed by atoms with Crippen molar-refractivity contribution in [1.29, 1.82) is 0 Å². The van der Waals surface area contributed by atoms with Crippen LogP contribution in [-0.2, 0) is 12.8 Å². The third-order valence-corrected chi connectivity index (χ3v) is 2.67. The van der Waals surface area contributed by atoms with E-state index in [-0.39, 0.29) is 18.1 Å². The van der Waals surface area contributed by atoms with Crippen LogP contribution in [0.25, 0.3) is 0 Å². The summed E-state index contributed by atoms with van der Waals surface area (Å²) in [5.41, 5.74) is -0.586. The van der Waals surface area contributed by atoms with E-state index in [4.69, 9.17) is 9.84 Å². The Labute approximate surface area is 117 Å². The van der Waals surface area contributed by atoms with Crippen molar-refractivity contribution < 1.29 is 27.8 Å². The fourth-order valence-corrected chi connectivity index (χ4v) is 1.65. The molecule has 0 spiro atoms. The van der Waals surface area contributed by atoms with Gasteiger partial charge in [-0.15, -0.1) is 0 Å². The average molecular weight is 297 g/mol. The van der Waals surface area contributed by atoms with Crippen LogP contribution in [0.5, 0.6) is 5.75 Å². The Morgan fingerprint density at radius 1 is 1.19 bits per heavy atom. The second-order valence-electron chi connectivity index (χ2n) is 4.13. The minimum absolute atomic E-state index is 0.0964. The minimum atomic E-state index is -4.40. The maximum absolute atomic E-state index is 12.4. The van der Waals surface area contributed by atoms with Gasteiger partial charge in [-0.05, 0) is 30.3 Å². The predicted octanol–water partition coefficient (Wildman–Crippen LogP) is 3.38. The molecule has 0 aliphatic heterocycles. The van der Waals surface area contributed by atoms with Crippen molar-refractivity contribution in [2.24, 2.45) is 0 Å². The summed E-state index contributed by atoms with van der Waals surface area (Å²) < 4.78 is 42.5. The molecule has 110 valence electrons. The molecule has 1 aromatic heterocycles. The number of benzene rings is 1. The quantitative estimate of drug-likeness (QED) is 0.940. The lowest BCUT2D eigenvalue weighted by molar-refractivity contribution is -0.137. The third-order valence-electron chi connectivity index (χ3n) is 2.67. The Bertz CT molecular complexity index is 639. The maximum atomic E-state index is 12.4. The van der Waals surface area contributed by atoms with Gasteiger partial charge in [-0.2, -0.15) is 13.2 Å². The molecule has 1 N–H and O–H groups in total. The summed E-state index contributed by atoms with van der Waals surface area (Å²) in [5.74, 6) is -0.982. The molecule has 0 unspecified atom stereocenters. The second kappa shape index (κ2) is 5.82. The number of nitrogens with zero attached hydrogens (tertiary/aromatic N) is 1. The van der Waals surface area contributed by atoms with Gasteiger partial charge in [-0.25, -0.2) is 9.78 Å². The number of pyridine rings is 1. The zero-order valence-electron chi connectivity index (χ0n) is 10.6. The topological polar surface area (TPSA) is 59.4 Å². The molecule has 0 aliphatic rings. The van der Waals surface area contributed by atoms with Crippen molar-refractivity contribution in [2.75, 3.05) is 0 Å². The number of aromatic carboxylic acids is 1. The minimum Gasteiger partial charge on any atom is -0.489 e. The molecule has 7 heteroatoms. The lowest BCUT2D eigenvalue weighted by atomic mass is 10.2. The van der Waals surface area contributed by atoms with E-state index in [1.807, 2.05) is 0 Å². The third kappa shape index (κ3) is 3.71. The molecule has 0 saturated carbocycles. The van der Waals surface area contributed by atoms with Gasteiger partial charge in [-0.1, -0.05) is 6.07 Å².